The molecule has 1 aliphatic heterocycles. The maximum atomic E-state index is 13.8. The lowest BCUT2D eigenvalue weighted by atomic mass is 9.98. The van der Waals surface area contributed by atoms with E-state index in [1.807, 2.05) is 37.3 Å². The van der Waals surface area contributed by atoms with Crippen LogP contribution in [0.15, 0.2) is 39.5 Å². The molecule has 172 valence electrons. The summed E-state index contributed by atoms with van der Waals surface area (Å²) in [5.41, 5.74) is 3.34. The van der Waals surface area contributed by atoms with Gasteiger partial charge in [0.1, 0.15) is 22.1 Å². The predicted octanol–water partition coefficient (Wildman–Crippen LogP) is 4.78. The average Bonchev–Trinajstić information content (AvgIpc) is 3.22. The molecule has 0 spiro atoms. The lowest BCUT2D eigenvalue weighted by molar-refractivity contribution is 0.147. The Bertz CT molecular complexity index is 1350. The number of phenolic OH excluding ortho intramolecular Hbond substituents is 1. The molecule has 0 bridgehead atoms. The van der Waals surface area contributed by atoms with Crippen molar-refractivity contribution in [2.75, 3.05) is 33.2 Å². The Hall–Kier alpha value is -2.74. The third kappa shape index (κ3) is 4.05. The molecule has 6 nitrogen and oxygen atoms in total. The van der Waals surface area contributed by atoms with Gasteiger partial charge in [-0.1, -0.05) is 25.5 Å². The fraction of sp³-hybridized carbons (Fsp3) is 0.385. The van der Waals surface area contributed by atoms with Crippen LogP contribution in [0.5, 0.6) is 5.75 Å². The van der Waals surface area contributed by atoms with E-state index in [9.17, 15) is 9.90 Å². The second-order valence-electron chi connectivity index (χ2n) is 8.92. The molecular weight excluding hydrogens is 434 g/mol. The quantitative estimate of drug-likeness (QED) is 0.459. The molecule has 7 heteroatoms. The Morgan fingerprint density at radius 3 is 2.67 bits per heavy atom. The number of piperazine rings is 1. The van der Waals surface area contributed by atoms with E-state index in [0.717, 1.165) is 53.9 Å². The highest BCUT2D eigenvalue weighted by Crippen LogP contribution is 2.36. The van der Waals surface area contributed by atoms with E-state index in [4.69, 9.17) is 9.40 Å². The van der Waals surface area contributed by atoms with Crippen molar-refractivity contribution in [3.05, 3.63) is 57.4 Å². The molecule has 0 radical (unpaired) electrons. The largest absolute Gasteiger partial charge is 0.507 e. The highest BCUT2D eigenvalue weighted by Gasteiger charge is 2.24. The summed E-state index contributed by atoms with van der Waals surface area (Å²) in [6.07, 6.45) is 1.59. The van der Waals surface area contributed by atoms with Crippen LogP contribution in [0.25, 0.3) is 31.8 Å². The van der Waals surface area contributed by atoms with Crippen molar-refractivity contribution in [2.45, 2.75) is 33.2 Å². The van der Waals surface area contributed by atoms with E-state index in [2.05, 4.69) is 23.8 Å². The first kappa shape index (κ1) is 22.1. The Morgan fingerprint density at radius 1 is 1.18 bits per heavy atom. The molecule has 33 heavy (non-hydrogen) atoms. The van der Waals surface area contributed by atoms with Crippen LogP contribution in [-0.2, 0) is 13.0 Å². The minimum absolute atomic E-state index is 0.0789. The summed E-state index contributed by atoms with van der Waals surface area (Å²) in [7, 11) is 2.12. The van der Waals surface area contributed by atoms with Gasteiger partial charge < -0.3 is 14.4 Å². The first-order valence-corrected chi connectivity index (χ1v) is 12.4. The third-order valence-corrected chi connectivity index (χ3v) is 7.56. The zero-order valence-electron chi connectivity index (χ0n) is 19.4. The van der Waals surface area contributed by atoms with Gasteiger partial charge in [0, 0.05) is 32.7 Å². The van der Waals surface area contributed by atoms with Crippen molar-refractivity contribution in [1.82, 2.24) is 14.8 Å². The lowest BCUT2D eigenvalue weighted by Crippen LogP contribution is -2.43. The number of benzene rings is 2. The number of thiazole rings is 1. The monoisotopic (exact) mass is 463 g/mol. The third-order valence-electron chi connectivity index (χ3n) is 6.51. The number of likely N-dealkylation sites (N-methyl/N-ethyl adjacent to an activating group) is 1. The number of hydrogen-bond donors (Lipinski definition) is 1. The molecule has 5 rings (SSSR count). The number of para-hydroxylation sites is 1. The van der Waals surface area contributed by atoms with Crippen molar-refractivity contribution in [3.8, 4) is 16.3 Å². The van der Waals surface area contributed by atoms with E-state index < -0.39 is 0 Å². The van der Waals surface area contributed by atoms with Gasteiger partial charge in [-0.25, -0.2) is 4.98 Å². The van der Waals surface area contributed by atoms with E-state index >= 15 is 0 Å². The van der Waals surface area contributed by atoms with Gasteiger partial charge in [0.05, 0.1) is 26.7 Å². The molecule has 0 amide bonds. The van der Waals surface area contributed by atoms with E-state index in [1.165, 1.54) is 11.3 Å². The van der Waals surface area contributed by atoms with E-state index in [-0.39, 0.29) is 11.2 Å². The zero-order chi connectivity index (χ0) is 23.1. The summed E-state index contributed by atoms with van der Waals surface area (Å²) in [5.74, 6) is 0.799. The van der Waals surface area contributed by atoms with Gasteiger partial charge in [-0.15, -0.1) is 11.3 Å². The van der Waals surface area contributed by atoms with Crippen molar-refractivity contribution in [2.24, 2.45) is 0 Å². The number of fused-ring (bicyclic) bond motifs is 2. The van der Waals surface area contributed by atoms with Crippen LogP contribution in [0.2, 0.25) is 0 Å². The highest BCUT2D eigenvalue weighted by molar-refractivity contribution is 7.21. The van der Waals surface area contributed by atoms with Gasteiger partial charge in [-0.2, -0.15) is 0 Å². The second-order valence-corrected chi connectivity index (χ2v) is 9.95. The molecule has 1 fully saturated rings. The molecule has 0 saturated carbocycles. The smallest absolute Gasteiger partial charge is 0.203 e. The van der Waals surface area contributed by atoms with E-state index in [1.54, 1.807) is 0 Å². The Labute approximate surface area is 197 Å². The molecule has 0 atom stereocenters. The van der Waals surface area contributed by atoms with E-state index in [0.29, 0.717) is 40.3 Å². The number of nitrogens with zero attached hydrogens (tertiary/aromatic N) is 3. The van der Waals surface area contributed by atoms with Crippen LogP contribution >= 0.6 is 11.3 Å². The molecule has 1 N–H and O–H groups in total. The lowest BCUT2D eigenvalue weighted by Gasteiger charge is -2.32. The molecule has 2 aromatic carbocycles. The van der Waals surface area contributed by atoms with Crippen molar-refractivity contribution in [1.29, 1.82) is 0 Å². The fourth-order valence-corrected chi connectivity index (χ4v) is 5.67. The summed E-state index contributed by atoms with van der Waals surface area (Å²) < 4.78 is 7.34. The van der Waals surface area contributed by atoms with Gasteiger partial charge in [0.15, 0.2) is 0 Å². The minimum atomic E-state index is -0.0789. The highest BCUT2D eigenvalue weighted by atomic mass is 32.1. The Morgan fingerprint density at radius 2 is 1.94 bits per heavy atom. The fourth-order valence-electron chi connectivity index (χ4n) is 4.62. The maximum absolute atomic E-state index is 13.8. The Balaban J connectivity index is 1.68. The number of rotatable bonds is 5. The molecule has 1 aliphatic rings. The predicted molar refractivity (Wildman–Crippen MR) is 134 cm³/mol. The molecule has 2 aromatic heterocycles. The molecule has 0 aliphatic carbocycles. The molecule has 3 heterocycles. The van der Waals surface area contributed by atoms with Crippen LogP contribution in [0, 0.1) is 6.92 Å². The van der Waals surface area contributed by atoms with Gasteiger partial charge in [-0.3, -0.25) is 9.69 Å². The maximum Gasteiger partial charge on any atom is 0.203 e. The zero-order valence-corrected chi connectivity index (χ0v) is 20.2. The van der Waals surface area contributed by atoms with Crippen molar-refractivity contribution < 1.29 is 9.52 Å². The van der Waals surface area contributed by atoms with Gasteiger partial charge in [0.25, 0.3) is 0 Å². The first-order valence-electron chi connectivity index (χ1n) is 11.5. The first-order chi connectivity index (χ1) is 16.0. The summed E-state index contributed by atoms with van der Waals surface area (Å²) in [6, 6.07) is 9.72. The summed E-state index contributed by atoms with van der Waals surface area (Å²) in [4.78, 5) is 23.1. The van der Waals surface area contributed by atoms with Crippen LogP contribution < -0.4 is 5.43 Å². The summed E-state index contributed by atoms with van der Waals surface area (Å²) in [5, 5.41) is 12.4. The van der Waals surface area contributed by atoms with Gasteiger partial charge >= 0.3 is 0 Å². The van der Waals surface area contributed by atoms with Crippen molar-refractivity contribution in [3.63, 3.8) is 0 Å². The topological polar surface area (TPSA) is 69.8 Å². The van der Waals surface area contributed by atoms with Crippen molar-refractivity contribution >= 4 is 32.5 Å². The normalized spacial score (nSPS) is 15.6. The number of phenols is 1. The van der Waals surface area contributed by atoms with Crippen LogP contribution in [-0.4, -0.2) is 53.1 Å². The Kier molecular flexibility index (Phi) is 5.95. The van der Waals surface area contributed by atoms with Crippen LogP contribution in [0.4, 0.5) is 0 Å². The number of hydrogen-bond acceptors (Lipinski definition) is 7. The molecule has 1 saturated heterocycles. The van der Waals surface area contributed by atoms with Gasteiger partial charge in [-0.05, 0) is 44.2 Å². The molecule has 0 unspecified atom stereocenters. The number of aryl methyl sites for hydroxylation is 2. The second kappa shape index (κ2) is 8.89. The van der Waals surface area contributed by atoms with Crippen LogP contribution in [0.1, 0.15) is 30.2 Å². The van der Waals surface area contributed by atoms with Gasteiger partial charge in [0.2, 0.25) is 5.43 Å². The standard InChI is InChI=1S/C26H29N3O3S/c1-4-7-17-14-18-24(31)22(26-27-20-8-5-6-9-21(20)33-26)16(2)32-25(18)19(23(17)30)15-29-12-10-28(3)11-13-29/h5-6,8-9,14,30H,4,7,10-13,15H2,1-3H3. The average molecular weight is 464 g/mol. The number of aromatic hydroxyl groups is 1. The SMILES string of the molecule is CCCc1cc2c(=O)c(-c3nc4ccccc4s3)c(C)oc2c(CN2CCN(C)CC2)c1O. The minimum Gasteiger partial charge on any atom is -0.507 e. The van der Waals surface area contributed by atoms with Crippen LogP contribution in [0.3, 0.4) is 0 Å². The summed E-state index contributed by atoms with van der Waals surface area (Å²) >= 11 is 1.50. The summed E-state index contributed by atoms with van der Waals surface area (Å²) in [6.45, 7) is 8.27. The number of aromatic nitrogens is 1. The molecular formula is C26H29N3O3S. The molecule has 4 aromatic rings.